The van der Waals surface area contributed by atoms with Crippen molar-refractivity contribution in [2.45, 2.75) is 39.2 Å². The highest BCUT2D eigenvalue weighted by atomic mass is 16.2. The number of nitrogens with one attached hydrogen (secondary N) is 1. The maximum atomic E-state index is 12.3. The number of hydrogen-bond donors (Lipinski definition) is 1. The van der Waals surface area contributed by atoms with Crippen LogP contribution in [0.5, 0.6) is 0 Å². The summed E-state index contributed by atoms with van der Waals surface area (Å²) >= 11 is 0. The number of hydrogen-bond acceptors (Lipinski definition) is 3. The molecule has 1 aliphatic heterocycles. The Kier molecular flexibility index (Phi) is 5.87. The molecule has 0 aliphatic carbocycles. The van der Waals surface area contributed by atoms with Crippen LogP contribution in [0.1, 0.15) is 43.0 Å². The lowest BCUT2D eigenvalue weighted by Crippen LogP contribution is -2.48. The molecule has 25 heavy (non-hydrogen) atoms. The first kappa shape index (κ1) is 17.7. The summed E-state index contributed by atoms with van der Waals surface area (Å²) in [4.78, 5) is 23.8. The third-order valence-electron chi connectivity index (χ3n) is 4.94. The highest BCUT2D eigenvalue weighted by molar-refractivity contribution is 5.76. The average molecular weight is 340 g/mol. The first-order valence-electron chi connectivity index (χ1n) is 9.18. The standard InChI is InChI=1S/C20H28N4O/c1-16(2)18-5-3-17(4-6-18)14-23-9-11-24(12-10-23)20(25)8-7-19-13-21-15-22-19/h3-6,13,15-16H,7-12,14H2,1-2H3,(H,21,22). The van der Waals surface area contributed by atoms with Crippen LogP contribution in [0.3, 0.4) is 0 Å². The number of rotatable bonds is 6. The molecule has 0 atom stereocenters. The van der Waals surface area contributed by atoms with Crippen LogP contribution in [-0.4, -0.2) is 51.9 Å². The Balaban J connectivity index is 1.42. The van der Waals surface area contributed by atoms with E-state index in [-0.39, 0.29) is 5.91 Å². The summed E-state index contributed by atoms with van der Waals surface area (Å²) in [5.74, 6) is 0.820. The minimum atomic E-state index is 0.246. The van der Waals surface area contributed by atoms with Crippen molar-refractivity contribution in [3.8, 4) is 0 Å². The summed E-state index contributed by atoms with van der Waals surface area (Å²) in [6.07, 6.45) is 4.74. The predicted molar refractivity (Wildman–Crippen MR) is 99.3 cm³/mol. The van der Waals surface area contributed by atoms with Crippen LogP contribution < -0.4 is 0 Å². The van der Waals surface area contributed by atoms with Gasteiger partial charge in [0, 0.05) is 51.0 Å². The van der Waals surface area contributed by atoms with Crippen LogP contribution in [0.25, 0.3) is 0 Å². The summed E-state index contributed by atoms with van der Waals surface area (Å²) < 4.78 is 0. The van der Waals surface area contributed by atoms with Gasteiger partial charge >= 0.3 is 0 Å². The van der Waals surface area contributed by atoms with Gasteiger partial charge in [0.25, 0.3) is 0 Å². The second-order valence-electron chi connectivity index (χ2n) is 7.13. The molecule has 1 saturated heterocycles. The Morgan fingerprint density at radius 3 is 2.48 bits per heavy atom. The van der Waals surface area contributed by atoms with E-state index in [1.807, 2.05) is 4.90 Å². The van der Waals surface area contributed by atoms with Gasteiger partial charge in [-0.2, -0.15) is 0 Å². The molecule has 0 unspecified atom stereocenters. The lowest BCUT2D eigenvalue weighted by Gasteiger charge is -2.34. The summed E-state index contributed by atoms with van der Waals surface area (Å²) in [5, 5.41) is 0. The van der Waals surface area contributed by atoms with Gasteiger partial charge in [-0.15, -0.1) is 0 Å². The van der Waals surface area contributed by atoms with Gasteiger partial charge in [-0.3, -0.25) is 9.69 Å². The highest BCUT2D eigenvalue weighted by Crippen LogP contribution is 2.16. The normalized spacial score (nSPS) is 15.7. The second-order valence-corrected chi connectivity index (χ2v) is 7.13. The highest BCUT2D eigenvalue weighted by Gasteiger charge is 2.21. The zero-order valence-electron chi connectivity index (χ0n) is 15.2. The van der Waals surface area contributed by atoms with Crippen LogP contribution >= 0.6 is 0 Å². The first-order chi connectivity index (χ1) is 12.1. The van der Waals surface area contributed by atoms with Gasteiger partial charge in [0.1, 0.15) is 0 Å². The van der Waals surface area contributed by atoms with Crippen LogP contribution in [0, 0.1) is 0 Å². The molecule has 1 fully saturated rings. The summed E-state index contributed by atoms with van der Waals surface area (Å²) in [7, 11) is 0. The van der Waals surface area contributed by atoms with Gasteiger partial charge in [-0.05, 0) is 23.5 Å². The van der Waals surface area contributed by atoms with E-state index >= 15 is 0 Å². The first-order valence-corrected chi connectivity index (χ1v) is 9.18. The van der Waals surface area contributed by atoms with E-state index < -0.39 is 0 Å². The van der Waals surface area contributed by atoms with Crippen molar-refractivity contribution < 1.29 is 4.79 Å². The number of aromatic amines is 1. The van der Waals surface area contributed by atoms with Crippen LogP contribution in [-0.2, 0) is 17.8 Å². The van der Waals surface area contributed by atoms with E-state index in [1.54, 1.807) is 12.5 Å². The molecule has 1 N–H and O–H groups in total. The monoisotopic (exact) mass is 340 g/mol. The van der Waals surface area contributed by atoms with Crippen LogP contribution in [0.4, 0.5) is 0 Å². The number of H-pyrrole nitrogens is 1. The zero-order chi connectivity index (χ0) is 17.6. The molecule has 1 aliphatic rings. The summed E-state index contributed by atoms with van der Waals surface area (Å²) in [5.41, 5.74) is 3.76. The molecule has 3 rings (SSSR count). The van der Waals surface area contributed by atoms with Crippen molar-refractivity contribution in [3.63, 3.8) is 0 Å². The quantitative estimate of drug-likeness (QED) is 0.880. The molecule has 5 nitrogen and oxygen atoms in total. The molecule has 0 saturated carbocycles. The number of benzene rings is 1. The second kappa shape index (κ2) is 8.30. The SMILES string of the molecule is CC(C)c1ccc(CN2CCN(C(=O)CCc3cnc[nH]3)CC2)cc1. The van der Waals surface area contributed by atoms with Gasteiger partial charge in [0.2, 0.25) is 5.91 Å². The predicted octanol–water partition coefficient (Wildman–Crippen LogP) is 2.81. The number of aryl methyl sites for hydroxylation is 1. The number of aromatic nitrogens is 2. The van der Waals surface area contributed by atoms with Crippen molar-refractivity contribution in [3.05, 3.63) is 53.6 Å². The maximum absolute atomic E-state index is 12.3. The van der Waals surface area contributed by atoms with E-state index in [1.165, 1.54) is 11.1 Å². The fraction of sp³-hybridized carbons (Fsp3) is 0.500. The molecule has 1 aromatic heterocycles. The molecule has 1 amide bonds. The molecule has 0 bridgehead atoms. The fourth-order valence-corrected chi connectivity index (χ4v) is 3.24. The number of piperazine rings is 1. The summed E-state index contributed by atoms with van der Waals surface area (Å²) in [6.45, 7) is 8.95. The molecule has 5 heteroatoms. The van der Waals surface area contributed by atoms with Gasteiger partial charge in [-0.25, -0.2) is 4.98 Å². The van der Waals surface area contributed by atoms with E-state index in [4.69, 9.17) is 0 Å². The number of nitrogens with zero attached hydrogens (tertiary/aromatic N) is 3. The van der Waals surface area contributed by atoms with E-state index in [0.717, 1.165) is 44.8 Å². The number of carbonyl (C=O) groups excluding carboxylic acids is 1. The van der Waals surface area contributed by atoms with Gasteiger partial charge in [0.05, 0.1) is 6.33 Å². The maximum Gasteiger partial charge on any atom is 0.223 e. The molecular weight excluding hydrogens is 312 g/mol. The average Bonchev–Trinajstić information content (AvgIpc) is 3.14. The van der Waals surface area contributed by atoms with Crippen molar-refractivity contribution >= 4 is 5.91 Å². The van der Waals surface area contributed by atoms with Crippen LogP contribution in [0.15, 0.2) is 36.8 Å². The smallest absolute Gasteiger partial charge is 0.223 e. The Labute approximate surface area is 150 Å². The largest absolute Gasteiger partial charge is 0.348 e. The van der Waals surface area contributed by atoms with Gasteiger partial charge in [-0.1, -0.05) is 38.1 Å². The Hall–Kier alpha value is -2.14. The molecule has 0 radical (unpaired) electrons. The van der Waals surface area contributed by atoms with E-state index in [9.17, 15) is 4.79 Å². The Morgan fingerprint density at radius 2 is 1.88 bits per heavy atom. The van der Waals surface area contributed by atoms with Gasteiger partial charge in [0.15, 0.2) is 0 Å². The lowest BCUT2D eigenvalue weighted by molar-refractivity contribution is -0.133. The molecule has 1 aromatic carbocycles. The minimum absolute atomic E-state index is 0.246. The van der Waals surface area contributed by atoms with Gasteiger partial charge < -0.3 is 9.88 Å². The molecule has 134 valence electrons. The third-order valence-corrected chi connectivity index (χ3v) is 4.94. The van der Waals surface area contributed by atoms with Crippen LogP contribution in [0.2, 0.25) is 0 Å². The van der Waals surface area contributed by atoms with Crippen molar-refractivity contribution in [1.29, 1.82) is 0 Å². The number of carbonyl (C=O) groups is 1. The number of imidazole rings is 1. The molecule has 2 aromatic rings. The molecular formula is C20H28N4O. The molecule has 2 heterocycles. The Bertz CT molecular complexity index is 656. The minimum Gasteiger partial charge on any atom is -0.348 e. The van der Waals surface area contributed by atoms with Crippen molar-refractivity contribution in [2.75, 3.05) is 26.2 Å². The van der Waals surface area contributed by atoms with Crippen molar-refractivity contribution in [2.24, 2.45) is 0 Å². The fourth-order valence-electron chi connectivity index (χ4n) is 3.24. The zero-order valence-corrected chi connectivity index (χ0v) is 15.2. The van der Waals surface area contributed by atoms with E-state index in [0.29, 0.717) is 12.3 Å². The molecule has 0 spiro atoms. The number of amides is 1. The lowest BCUT2D eigenvalue weighted by atomic mass is 10.0. The van der Waals surface area contributed by atoms with Crippen molar-refractivity contribution in [1.82, 2.24) is 19.8 Å². The summed E-state index contributed by atoms with van der Waals surface area (Å²) in [6, 6.07) is 8.93. The van der Waals surface area contributed by atoms with E-state index in [2.05, 4.69) is 53.0 Å². The topological polar surface area (TPSA) is 52.2 Å². The third kappa shape index (κ3) is 4.92. The Morgan fingerprint density at radius 1 is 1.16 bits per heavy atom.